The maximum absolute atomic E-state index is 14.0. The molecule has 0 radical (unpaired) electrons. The van der Waals surface area contributed by atoms with Gasteiger partial charge in [0.1, 0.15) is 5.71 Å². The fourth-order valence-corrected chi connectivity index (χ4v) is 4.33. The third-order valence-corrected chi connectivity index (χ3v) is 5.76. The number of nitrogens with zero attached hydrogens (tertiary/aromatic N) is 4. The van der Waals surface area contributed by atoms with Gasteiger partial charge in [0.05, 0.1) is 5.69 Å². The Morgan fingerprint density at radius 3 is 2.48 bits per heavy atom. The van der Waals surface area contributed by atoms with Gasteiger partial charge in [-0.15, -0.1) is 0 Å². The summed E-state index contributed by atoms with van der Waals surface area (Å²) < 4.78 is 27.5. The van der Waals surface area contributed by atoms with Crippen LogP contribution < -0.4 is 5.01 Å². The molecule has 2 aliphatic heterocycles. The van der Waals surface area contributed by atoms with Gasteiger partial charge in [-0.25, -0.2) is 23.8 Å². The Kier molecular flexibility index (Phi) is 5.53. The predicted molar refractivity (Wildman–Crippen MR) is 114 cm³/mol. The molecule has 1 unspecified atom stereocenters. The maximum atomic E-state index is 14.0. The maximum Gasteiger partial charge on any atom is 0.293 e. The predicted octanol–water partition coefficient (Wildman–Crippen LogP) is 3.64. The zero-order chi connectivity index (χ0) is 22.3. The topological polar surface area (TPSA) is 56.2 Å². The lowest BCUT2D eigenvalue weighted by molar-refractivity contribution is -0.137. The second kappa shape index (κ2) is 8.01. The first-order chi connectivity index (χ1) is 14.7. The van der Waals surface area contributed by atoms with Gasteiger partial charge in [0.2, 0.25) is 5.91 Å². The smallest absolute Gasteiger partial charge is 0.293 e. The Bertz CT molecular complexity index is 1080. The van der Waals surface area contributed by atoms with E-state index in [1.807, 2.05) is 11.9 Å². The standard InChI is InChI=1S/C22H21ClF2N4O2/c1-14(30)28(17-8-9-18(24)19(25)12-17)29-21(31)20(15-4-6-16(23)7-5-15)26-22(29)10-3-11-27(2)13-22/h4-9,12H,3,10-11,13H2,1-2H3. The first-order valence-corrected chi connectivity index (χ1v) is 10.2. The lowest BCUT2D eigenvalue weighted by Crippen LogP contribution is -2.63. The molecule has 9 heteroatoms. The number of rotatable bonds is 3. The van der Waals surface area contributed by atoms with Gasteiger partial charge in [-0.2, -0.15) is 0 Å². The monoisotopic (exact) mass is 446 g/mol. The van der Waals surface area contributed by atoms with Gasteiger partial charge in [0.25, 0.3) is 5.91 Å². The Labute approximate surface area is 183 Å². The van der Waals surface area contributed by atoms with Crippen molar-refractivity contribution in [3.63, 3.8) is 0 Å². The molecule has 4 rings (SSSR count). The van der Waals surface area contributed by atoms with E-state index in [2.05, 4.69) is 0 Å². The number of likely N-dealkylation sites (N-methyl/N-ethyl adjacent to an activating group) is 1. The van der Waals surface area contributed by atoms with Crippen molar-refractivity contribution < 1.29 is 18.4 Å². The van der Waals surface area contributed by atoms with E-state index >= 15 is 0 Å². The minimum absolute atomic E-state index is 0.0555. The van der Waals surface area contributed by atoms with Gasteiger partial charge in [0, 0.05) is 30.1 Å². The van der Waals surface area contributed by atoms with Crippen LogP contribution in [0, 0.1) is 11.6 Å². The van der Waals surface area contributed by atoms with Crippen molar-refractivity contribution in [1.29, 1.82) is 0 Å². The molecule has 0 saturated carbocycles. The highest BCUT2D eigenvalue weighted by atomic mass is 35.5. The number of hydrogen-bond acceptors (Lipinski definition) is 4. The van der Waals surface area contributed by atoms with Crippen LogP contribution in [0.3, 0.4) is 0 Å². The number of piperidine rings is 1. The van der Waals surface area contributed by atoms with E-state index in [0.717, 1.165) is 30.1 Å². The molecule has 2 aliphatic rings. The molecule has 2 aromatic carbocycles. The Balaban J connectivity index is 1.85. The number of amides is 2. The molecular formula is C22H21ClF2N4O2. The minimum atomic E-state index is -1.11. The zero-order valence-corrected chi connectivity index (χ0v) is 17.9. The van der Waals surface area contributed by atoms with E-state index in [4.69, 9.17) is 16.6 Å². The largest absolute Gasteiger partial charge is 0.302 e. The molecule has 1 spiro atoms. The van der Waals surface area contributed by atoms with E-state index < -0.39 is 29.1 Å². The van der Waals surface area contributed by atoms with Crippen LogP contribution in [0.2, 0.25) is 5.02 Å². The van der Waals surface area contributed by atoms with E-state index in [1.165, 1.54) is 18.0 Å². The molecule has 1 atom stereocenters. The number of hydrazine groups is 1. The van der Waals surface area contributed by atoms with E-state index in [9.17, 15) is 18.4 Å². The number of carbonyl (C=O) groups is 2. The molecule has 0 bridgehead atoms. The van der Waals surface area contributed by atoms with Crippen molar-refractivity contribution >= 4 is 34.8 Å². The molecule has 0 aromatic heterocycles. The fraction of sp³-hybridized carbons (Fsp3) is 0.318. The summed E-state index contributed by atoms with van der Waals surface area (Å²) in [5.41, 5.74) is -0.228. The van der Waals surface area contributed by atoms with Crippen LogP contribution in [0.15, 0.2) is 47.5 Å². The summed E-state index contributed by atoms with van der Waals surface area (Å²) in [6, 6.07) is 9.82. The van der Waals surface area contributed by atoms with Crippen LogP contribution in [-0.4, -0.2) is 53.2 Å². The Morgan fingerprint density at radius 2 is 1.87 bits per heavy atom. The quantitative estimate of drug-likeness (QED) is 0.723. The summed E-state index contributed by atoms with van der Waals surface area (Å²) in [6.07, 6.45) is 1.27. The molecule has 162 valence electrons. The second-order valence-corrected chi connectivity index (χ2v) is 8.27. The van der Waals surface area contributed by atoms with Gasteiger partial charge < -0.3 is 4.90 Å². The molecule has 31 heavy (non-hydrogen) atoms. The first kappa shape index (κ1) is 21.4. The van der Waals surface area contributed by atoms with Crippen molar-refractivity contribution in [2.24, 2.45) is 4.99 Å². The molecule has 6 nitrogen and oxygen atoms in total. The molecule has 1 saturated heterocycles. The van der Waals surface area contributed by atoms with Crippen LogP contribution in [0.1, 0.15) is 25.3 Å². The molecular weight excluding hydrogens is 426 g/mol. The van der Waals surface area contributed by atoms with Crippen LogP contribution in [0.25, 0.3) is 0 Å². The summed E-state index contributed by atoms with van der Waals surface area (Å²) in [6.45, 7) is 2.49. The van der Waals surface area contributed by atoms with Gasteiger partial charge in [-0.3, -0.25) is 9.59 Å². The van der Waals surface area contributed by atoms with Crippen LogP contribution >= 0.6 is 11.6 Å². The average Bonchev–Trinajstić information content (AvgIpc) is 2.97. The fourth-order valence-electron chi connectivity index (χ4n) is 4.21. The van der Waals surface area contributed by atoms with Crippen LogP contribution in [0.4, 0.5) is 14.5 Å². The molecule has 2 aromatic rings. The molecule has 2 heterocycles. The number of benzene rings is 2. The van der Waals surface area contributed by atoms with E-state index in [1.54, 1.807) is 24.3 Å². The van der Waals surface area contributed by atoms with Crippen molar-refractivity contribution in [1.82, 2.24) is 9.91 Å². The lowest BCUT2D eigenvalue weighted by atomic mass is 9.99. The van der Waals surface area contributed by atoms with Gasteiger partial charge in [0.15, 0.2) is 17.3 Å². The van der Waals surface area contributed by atoms with Crippen LogP contribution in [-0.2, 0) is 9.59 Å². The number of aliphatic imine (C=N–C) groups is 1. The number of likely N-dealkylation sites (tertiary alicyclic amines) is 1. The molecule has 2 amide bonds. The summed E-state index contributed by atoms with van der Waals surface area (Å²) in [4.78, 5) is 33.2. The van der Waals surface area contributed by atoms with Gasteiger partial charge >= 0.3 is 0 Å². The summed E-state index contributed by atoms with van der Waals surface area (Å²) >= 11 is 5.98. The molecule has 0 N–H and O–H groups in total. The second-order valence-electron chi connectivity index (χ2n) is 7.84. The number of hydrogen-bond donors (Lipinski definition) is 0. The van der Waals surface area contributed by atoms with E-state index in [0.29, 0.717) is 23.6 Å². The Hall–Kier alpha value is -2.84. The third kappa shape index (κ3) is 3.81. The average molecular weight is 447 g/mol. The Morgan fingerprint density at radius 1 is 1.16 bits per heavy atom. The normalized spacial score (nSPS) is 21.5. The van der Waals surface area contributed by atoms with Gasteiger partial charge in [-0.1, -0.05) is 23.7 Å². The highest BCUT2D eigenvalue weighted by Crippen LogP contribution is 2.38. The molecule has 0 aliphatic carbocycles. The molecule has 1 fully saturated rings. The van der Waals surface area contributed by atoms with Crippen molar-refractivity contribution in [3.8, 4) is 0 Å². The van der Waals surface area contributed by atoms with Crippen molar-refractivity contribution in [2.45, 2.75) is 25.4 Å². The minimum Gasteiger partial charge on any atom is -0.302 e. The summed E-state index contributed by atoms with van der Waals surface area (Å²) in [5, 5.41) is 2.91. The SMILES string of the molecule is CC(=O)N(c1ccc(F)c(F)c1)N1C(=O)C(c2ccc(Cl)cc2)=NC12CCCN(C)C2. The van der Waals surface area contributed by atoms with E-state index in [-0.39, 0.29) is 11.4 Å². The number of anilines is 1. The highest BCUT2D eigenvalue weighted by Gasteiger charge is 2.53. The van der Waals surface area contributed by atoms with Crippen LogP contribution in [0.5, 0.6) is 0 Å². The zero-order valence-electron chi connectivity index (χ0n) is 17.1. The summed E-state index contributed by atoms with van der Waals surface area (Å²) in [5.74, 6) is -3.15. The number of carbonyl (C=O) groups excluding carboxylic acids is 2. The van der Waals surface area contributed by atoms with Crippen molar-refractivity contribution in [3.05, 3.63) is 64.7 Å². The third-order valence-electron chi connectivity index (χ3n) is 5.51. The number of halogens is 3. The van der Waals surface area contributed by atoms with Gasteiger partial charge in [-0.05, 0) is 50.7 Å². The highest BCUT2D eigenvalue weighted by molar-refractivity contribution is 6.47. The first-order valence-electron chi connectivity index (χ1n) is 9.86. The van der Waals surface area contributed by atoms with Crippen molar-refractivity contribution in [2.75, 3.05) is 25.1 Å². The lowest BCUT2D eigenvalue weighted by Gasteiger charge is -2.46. The summed E-state index contributed by atoms with van der Waals surface area (Å²) in [7, 11) is 1.91.